The molecule has 0 radical (unpaired) electrons. The maximum absolute atomic E-state index is 13.2. The van der Waals surface area contributed by atoms with Crippen LogP contribution in [0.15, 0.2) is 52.1 Å². The summed E-state index contributed by atoms with van der Waals surface area (Å²) >= 11 is 6.24. The fourth-order valence-electron chi connectivity index (χ4n) is 3.00. The van der Waals surface area contributed by atoms with E-state index in [2.05, 4.69) is 5.32 Å². The number of para-hydroxylation sites is 1. The van der Waals surface area contributed by atoms with Crippen LogP contribution in [0.1, 0.15) is 19.4 Å². The summed E-state index contributed by atoms with van der Waals surface area (Å²) in [5.41, 5.74) is 0.525. The monoisotopic (exact) mass is 399 g/mol. The van der Waals surface area contributed by atoms with Crippen molar-refractivity contribution >= 4 is 28.4 Å². The second-order valence-electron chi connectivity index (χ2n) is 7.18. The fourth-order valence-corrected chi connectivity index (χ4v) is 3.22. The van der Waals surface area contributed by atoms with Gasteiger partial charge in [-0.2, -0.15) is 0 Å². The van der Waals surface area contributed by atoms with Gasteiger partial charge in [-0.3, -0.25) is 14.2 Å². The lowest BCUT2D eigenvalue weighted by molar-refractivity contribution is -0.121. The van der Waals surface area contributed by atoms with E-state index in [9.17, 15) is 14.4 Å². The van der Waals surface area contributed by atoms with Gasteiger partial charge in [-0.25, -0.2) is 9.36 Å². The van der Waals surface area contributed by atoms with Crippen molar-refractivity contribution < 1.29 is 4.79 Å². The average Bonchev–Trinajstić information content (AvgIpc) is 2.65. The highest BCUT2D eigenvalue weighted by Gasteiger charge is 2.18. The molecule has 0 fully saturated rings. The van der Waals surface area contributed by atoms with Crippen molar-refractivity contribution in [1.82, 2.24) is 14.5 Å². The third-order valence-corrected chi connectivity index (χ3v) is 4.72. The van der Waals surface area contributed by atoms with Crippen LogP contribution in [0.3, 0.4) is 0 Å². The van der Waals surface area contributed by atoms with Gasteiger partial charge in [0, 0.05) is 6.54 Å². The minimum atomic E-state index is -0.603. The van der Waals surface area contributed by atoms with E-state index < -0.39 is 11.2 Å². The van der Waals surface area contributed by atoms with Gasteiger partial charge in [0.15, 0.2) is 0 Å². The number of carbonyl (C=O) groups excluding carboxylic acids is 1. The summed E-state index contributed by atoms with van der Waals surface area (Å²) in [6, 6.07) is 11.9. The number of nitrogens with zero attached hydrogens (tertiary/aromatic N) is 2. The normalized spacial score (nSPS) is 11.2. The molecule has 0 saturated heterocycles. The van der Waals surface area contributed by atoms with Crippen LogP contribution in [0.2, 0.25) is 5.02 Å². The molecule has 0 aliphatic heterocycles. The molecule has 2 aromatic carbocycles. The quantitative estimate of drug-likeness (QED) is 0.717. The minimum Gasteiger partial charge on any atom is -0.354 e. The molecule has 0 spiro atoms. The molecule has 0 aliphatic rings. The fraction of sp³-hybridized carbons (Fsp3) is 0.286. The molecule has 3 rings (SSSR count). The zero-order chi connectivity index (χ0) is 20.4. The molecule has 1 aromatic heterocycles. The Morgan fingerprint density at radius 2 is 1.86 bits per heavy atom. The average molecular weight is 400 g/mol. The van der Waals surface area contributed by atoms with Crippen molar-refractivity contribution in [3.05, 3.63) is 73.9 Å². The number of fused-ring (bicyclic) bond motifs is 1. The van der Waals surface area contributed by atoms with E-state index in [0.29, 0.717) is 23.1 Å². The van der Waals surface area contributed by atoms with Crippen molar-refractivity contribution in [3.63, 3.8) is 0 Å². The van der Waals surface area contributed by atoms with Gasteiger partial charge in [0.2, 0.25) is 5.91 Å². The Bertz CT molecular complexity index is 1160. The summed E-state index contributed by atoms with van der Waals surface area (Å²) in [6.07, 6.45) is 0. The standard InChI is InChI=1S/C21H22ClN3O3/c1-13(2)11-23-19(26)12-24-17-9-8-14(3)10-15(17)20(27)25(21(24)28)18-7-5-4-6-16(18)22/h4-10,13H,11-12H2,1-3H3,(H,23,26). The number of aryl methyl sites for hydroxylation is 1. The molecule has 0 unspecified atom stereocenters. The highest BCUT2D eigenvalue weighted by Crippen LogP contribution is 2.18. The predicted molar refractivity (Wildman–Crippen MR) is 111 cm³/mol. The maximum atomic E-state index is 13.2. The highest BCUT2D eigenvalue weighted by molar-refractivity contribution is 6.32. The first-order valence-electron chi connectivity index (χ1n) is 9.07. The Morgan fingerprint density at radius 3 is 2.54 bits per heavy atom. The molecule has 1 N–H and O–H groups in total. The van der Waals surface area contributed by atoms with Gasteiger partial charge < -0.3 is 5.32 Å². The Balaban J connectivity index is 2.25. The van der Waals surface area contributed by atoms with E-state index in [1.807, 2.05) is 26.8 Å². The number of halogens is 1. The van der Waals surface area contributed by atoms with Gasteiger partial charge >= 0.3 is 5.69 Å². The van der Waals surface area contributed by atoms with Gasteiger partial charge in [0.25, 0.3) is 5.56 Å². The lowest BCUT2D eigenvalue weighted by atomic mass is 10.1. The van der Waals surface area contributed by atoms with Crippen LogP contribution in [0.25, 0.3) is 16.6 Å². The Morgan fingerprint density at radius 1 is 1.14 bits per heavy atom. The van der Waals surface area contributed by atoms with E-state index >= 15 is 0 Å². The first kappa shape index (κ1) is 19.9. The van der Waals surface area contributed by atoms with Crippen LogP contribution < -0.4 is 16.6 Å². The van der Waals surface area contributed by atoms with E-state index in [-0.39, 0.29) is 23.4 Å². The molecule has 0 saturated carbocycles. The number of nitrogens with one attached hydrogen (secondary N) is 1. The molecular formula is C21H22ClN3O3. The number of amides is 1. The summed E-state index contributed by atoms with van der Waals surface area (Å²) in [6.45, 7) is 6.17. The smallest absolute Gasteiger partial charge is 0.336 e. The van der Waals surface area contributed by atoms with Crippen molar-refractivity contribution in [1.29, 1.82) is 0 Å². The van der Waals surface area contributed by atoms with Crippen LogP contribution in [-0.2, 0) is 11.3 Å². The second kappa shape index (κ2) is 8.02. The van der Waals surface area contributed by atoms with Crippen LogP contribution >= 0.6 is 11.6 Å². The molecule has 0 bridgehead atoms. The summed E-state index contributed by atoms with van der Waals surface area (Å²) in [5, 5.41) is 3.45. The van der Waals surface area contributed by atoms with E-state index in [0.717, 1.165) is 10.1 Å². The molecule has 7 heteroatoms. The molecule has 146 valence electrons. The topological polar surface area (TPSA) is 73.1 Å². The Labute approximate surface area is 167 Å². The van der Waals surface area contributed by atoms with E-state index in [1.165, 1.54) is 4.57 Å². The van der Waals surface area contributed by atoms with Gasteiger partial charge in [-0.1, -0.05) is 49.2 Å². The molecule has 0 aliphatic carbocycles. The number of hydrogen-bond acceptors (Lipinski definition) is 3. The zero-order valence-corrected chi connectivity index (χ0v) is 16.8. The number of aromatic nitrogens is 2. The zero-order valence-electron chi connectivity index (χ0n) is 16.0. The van der Waals surface area contributed by atoms with Gasteiger partial charge in [0.1, 0.15) is 6.54 Å². The SMILES string of the molecule is Cc1ccc2c(c1)c(=O)n(-c1ccccc1Cl)c(=O)n2CC(=O)NCC(C)C. The van der Waals surface area contributed by atoms with Crippen LogP contribution in [0.4, 0.5) is 0 Å². The lowest BCUT2D eigenvalue weighted by Gasteiger charge is -2.15. The molecule has 1 amide bonds. The summed E-state index contributed by atoms with van der Waals surface area (Å²) in [7, 11) is 0. The number of rotatable bonds is 5. The lowest BCUT2D eigenvalue weighted by Crippen LogP contribution is -2.42. The van der Waals surface area contributed by atoms with E-state index in [1.54, 1.807) is 36.4 Å². The van der Waals surface area contributed by atoms with Crippen LogP contribution in [-0.4, -0.2) is 21.6 Å². The molecule has 28 heavy (non-hydrogen) atoms. The van der Waals surface area contributed by atoms with Crippen molar-refractivity contribution in [2.45, 2.75) is 27.3 Å². The third kappa shape index (κ3) is 3.87. The van der Waals surface area contributed by atoms with Crippen molar-refractivity contribution in [3.8, 4) is 5.69 Å². The molecular weight excluding hydrogens is 378 g/mol. The number of benzene rings is 2. The van der Waals surface area contributed by atoms with Gasteiger partial charge in [-0.05, 0) is 37.1 Å². The Hall–Kier alpha value is -2.86. The largest absolute Gasteiger partial charge is 0.354 e. The molecule has 3 aromatic rings. The summed E-state index contributed by atoms with van der Waals surface area (Å²) < 4.78 is 2.34. The summed E-state index contributed by atoms with van der Waals surface area (Å²) in [5.74, 6) is -0.000762. The van der Waals surface area contributed by atoms with E-state index in [4.69, 9.17) is 11.6 Å². The predicted octanol–water partition coefficient (Wildman–Crippen LogP) is 2.89. The minimum absolute atomic E-state index is 0.185. The Kier molecular flexibility index (Phi) is 5.70. The summed E-state index contributed by atoms with van der Waals surface area (Å²) in [4.78, 5) is 38.7. The molecule has 1 heterocycles. The molecule has 0 atom stereocenters. The van der Waals surface area contributed by atoms with Crippen LogP contribution in [0.5, 0.6) is 0 Å². The van der Waals surface area contributed by atoms with Crippen LogP contribution in [0, 0.1) is 12.8 Å². The molecule has 6 nitrogen and oxygen atoms in total. The number of carbonyl (C=O) groups is 1. The van der Waals surface area contributed by atoms with Crippen molar-refractivity contribution in [2.75, 3.05) is 6.54 Å². The van der Waals surface area contributed by atoms with Crippen molar-refractivity contribution in [2.24, 2.45) is 5.92 Å². The second-order valence-corrected chi connectivity index (χ2v) is 7.59. The number of hydrogen-bond donors (Lipinski definition) is 1. The first-order valence-corrected chi connectivity index (χ1v) is 9.45. The highest BCUT2D eigenvalue weighted by atomic mass is 35.5. The van der Waals surface area contributed by atoms with Gasteiger partial charge in [0.05, 0.1) is 21.6 Å². The maximum Gasteiger partial charge on any atom is 0.336 e. The third-order valence-electron chi connectivity index (χ3n) is 4.40. The first-order chi connectivity index (χ1) is 13.3. The van der Waals surface area contributed by atoms with Gasteiger partial charge in [-0.15, -0.1) is 0 Å².